The van der Waals surface area contributed by atoms with Crippen molar-refractivity contribution in [3.63, 3.8) is 0 Å². The van der Waals surface area contributed by atoms with Crippen molar-refractivity contribution in [2.45, 2.75) is 44.2 Å². The molecular weight excluding hydrogens is 611 g/mol. The lowest BCUT2D eigenvalue weighted by Gasteiger charge is -2.24. The molecule has 2 aromatic heterocycles. The fourth-order valence-corrected chi connectivity index (χ4v) is 5.29. The Hall–Kier alpha value is -5.08. The van der Waals surface area contributed by atoms with Crippen molar-refractivity contribution in [1.82, 2.24) is 20.1 Å². The summed E-state index contributed by atoms with van der Waals surface area (Å²) in [4.78, 5) is 41.7. The number of amides is 2. The van der Waals surface area contributed by atoms with Gasteiger partial charge in [-0.15, -0.1) is 0 Å². The van der Waals surface area contributed by atoms with Crippen LogP contribution in [0.4, 0.5) is 30.7 Å². The SMILES string of the molecule is NC(=O)c1cc(-c2cccnc2[C@H](Cc2cc(F)cc(F)c2)NC(=O)Cn2nc(C(F)F)c3c2C(F)(F)CCC3=O)ccc1F. The van der Waals surface area contributed by atoms with Crippen molar-refractivity contribution in [3.05, 3.63) is 106 Å². The van der Waals surface area contributed by atoms with Gasteiger partial charge in [0.25, 0.3) is 18.3 Å². The van der Waals surface area contributed by atoms with E-state index in [0.717, 1.165) is 24.3 Å². The number of aromatic nitrogens is 3. The molecule has 2 amide bonds. The number of alkyl halides is 4. The van der Waals surface area contributed by atoms with Gasteiger partial charge in [-0.1, -0.05) is 12.1 Å². The van der Waals surface area contributed by atoms with Gasteiger partial charge in [-0.05, 0) is 47.9 Å². The molecule has 45 heavy (non-hydrogen) atoms. The largest absolute Gasteiger partial charge is 0.366 e. The van der Waals surface area contributed by atoms with E-state index in [1.165, 1.54) is 24.4 Å². The lowest BCUT2D eigenvalue weighted by Crippen LogP contribution is -2.36. The summed E-state index contributed by atoms with van der Waals surface area (Å²) >= 11 is 0. The van der Waals surface area contributed by atoms with Gasteiger partial charge >= 0.3 is 0 Å². The van der Waals surface area contributed by atoms with Crippen molar-refractivity contribution in [1.29, 1.82) is 0 Å². The van der Waals surface area contributed by atoms with Gasteiger partial charge in [-0.2, -0.15) is 13.9 Å². The molecule has 0 unspecified atom stereocenters. The fourth-order valence-electron chi connectivity index (χ4n) is 5.29. The van der Waals surface area contributed by atoms with Crippen LogP contribution >= 0.6 is 0 Å². The highest BCUT2D eigenvalue weighted by Gasteiger charge is 2.47. The van der Waals surface area contributed by atoms with Gasteiger partial charge < -0.3 is 11.1 Å². The minimum Gasteiger partial charge on any atom is -0.366 e. The monoisotopic (exact) mass is 633 g/mol. The van der Waals surface area contributed by atoms with Crippen molar-refractivity contribution in [2.24, 2.45) is 5.73 Å². The molecule has 1 atom stereocenters. The summed E-state index contributed by atoms with van der Waals surface area (Å²) < 4.78 is 99.8. The van der Waals surface area contributed by atoms with Crippen LogP contribution in [0.25, 0.3) is 11.1 Å². The maximum absolute atomic E-state index is 14.9. The molecule has 2 heterocycles. The summed E-state index contributed by atoms with van der Waals surface area (Å²) in [5.41, 5.74) is 2.14. The van der Waals surface area contributed by atoms with Crippen LogP contribution in [-0.2, 0) is 23.7 Å². The number of fused-ring (bicyclic) bond motifs is 1. The summed E-state index contributed by atoms with van der Waals surface area (Å²) in [7, 11) is 0. The number of pyridine rings is 1. The van der Waals surface area contributed by atoms with Gasteiger partial charge in [0, 0.05) is 30.7 Å². The fraction of sp³-hybridized carbons (Fsp3) is 0.233. The number of rotatable bonds is 9. The Labute approximate surface area is 250 Å². The van der Waals surface area contributed by atoms with Crippen LogP contribution in [0.1, 0.15) is 68.7 Å². The molecule has 0 bridgehead atoms. The zero-order valence-electron chi connectivity index (χ0n) is 23.0. The van der Waals surface area contributed by atoms with Gasteiger partial charge in [0.2, 0.25) is 5.91 Å². The van der Waals surface area contributed by atoms with Gasteiger partial charge in [-0.3, -0.25) is 24.0 Å². The lowest BCUT2D eigenvalue weighted by atomic mass is 9.91. The Balaban J connectivity index is 1.56. The van der Waals surface area contributed by atoms with Crippen molar-refractivity contribution < 1.29 is 45.1 Å². The quantitative estimate of drug-likeness (QED) is 0.234. The molecule has 0 radical (unpaired) electrons. The summed E-state index contributed by atoms with van der Waals surface area (Å²) in [6.07, 6.45) is -4.04. The normalized spacial score (nSPS) is 14.7. The van der Waals surface area contributed by atoms with E-state index in [9.17, 15) is 45.1 Å². The van der Waals surface area contributed by atoms with E-state index >= 15 is 0 Å². The Morgan fingerprint density at radius 1 is 1.02 bits per heavy atom. The summed E-state index contributed by atoms with van der Waals surface area (Å²) in [6.45, 7) is -1.03. The molecular formula is C30H22F7N5O3. The number of halogens is 7. The predicted molar refractivity (Wildman–Crippen MR) is 144 cm³/mol. The maximum atomic E-state index is 14.9. The average Bonchev–Trinajstić information content (AvgIpc) is 3.36. The minimum atomic E-state index is -3.74. The number of primary amides is 1. The molecule has 0 saturated heterocycles. The van der Waals surface area contributed by atoms with Crippen molar-refractivity contribution >= 4 is 17.6 Å². The number of nitrogens with one attached hydrogen (secondary N) is 1. The van der Waals surface area contributed by atoms with Crippen molar-refractivity contribution in [2.75, 3.05) is 0 Å². The average molecular weight is 634 g/mol. The first-order chi connectivity index (χ1) is 21.2. The number of hydrogen-bond donors (Lipinski definition) is 2. The standard InChI is InChI=1S/C30H22F7N5O3/c31-16-8-14(9-17(32)12-16)10-21(25-18(2-1-7-39-25)15-3-4-20(33)19(11-15)29(38)45)40-23(44)13-42-27-24(26(41-42)28(34)35)22(43)5-6-30(27,36)37/h1-4,7-9,11-12,21,28H,5-6,10,13H2,(H2,38,45)(H,40,44)/t21-/m0/s1. The number of carbonyl (C=O) groups is 3. The third kappa shape index (κ3) is 6.42. The topological polar surface area (TPSA) is 120 Å². The van der Waals surface area contributed by atoms with Gasteiger partial charge in [0.15, 0.2) is 5.78 Å². The van der Waals surface area contributed by atoms with Crippen LogP contribution in [0.2, 0.25) is 0 Å². The van der Waals surface area contributed by atoms with Crippen LogP contribution in [0, 0.1) is 17.5 Å². The summed E-state index contributed by atoms with van der Waals surface area (Å²) in [6, 6.07) is 7.73. The number of hydrogen-bond acceptors (Lipinski definition) is 5. The van der Waals surface area contributed by atoms with E-state index in [-0.39, 0.29) is 28.8 Å². The van der Waals surface area contributed by atoms with Crippen molar-refractivity contribution in [3.8, 4) is 11.1 Å². The van der Waals surface area contributed by atoms with Crippen LogP contribution in [0.15, 0.2) is 54.7 Å². The molecule has 0 aliphatic heterocycles. The third-order valence-electron chi connectivity index (χ3n) is 7.18. The van der Waals surface area contributed by atoms with Crippen LogP contribution in [0.3, 0.4) is 0 Å². The number of nitrogens with two attached hydrogens (primary N) is 1. The number of ketones is 1. The molecule has 5 rings (SSSR count). The van der Waals surface area contributed by atoms with E-state index in [2.05, 4.69) is 15.4 Å². The minimum absolute atomic E-state index is 0.0416. The van der Waals surface area contributed by atoms with E-state index < -0.39 is 95.3 Å². The Morgan fingerprint density at radius 2 is 1.73 bits per heavy atom. The maximum Gasteiger partial charge on any atom is 0.290 e. The number of carbonyl (C=O) groups excluding carboxylic acids is 3. The molecule has 1 aliphatic carbocycles. The molecule has 0 saturated carbocycles. The van der Waals surface area contributed by atoms with E-state index in [1.807, 2.05) is 0 Å². The smallest absolute Gasteiger partial charge is 0.290 e. The molecule has 2 aromatic carbocycles. The van der Waals surface area contributed by atoms with Gasteiger partial charge in [0.1, 0.15) is 35.4 Å². The Bertz CT molecular complexity index is 1810. The van der Waals surface area contributed by atoms with E-state index in [4.69, 9.17) is 5.73 Å². The molecule has 4 aromatic rings. The zero-order valence-corrected chi connectivity index (χ0v) is 23.0. The second kappa shape index (κ2) is 12.1. The van der Waals surface area contributed by atoms with Gasteiger partial charge in [0.05, 0.1) is 22.9 Å². The highest BCUT2D eigenvalue weighted by atomic mass is 19.3. The molecule has 0 fully saturated rings. The second-order valence-electron chi connectivity index (χ2n) is 10.3. The lowest BCUT2D eigenvalue weighted by molar-refractivity contribution is -0.123. The first kappa shape index (κ1) is 31.3. The van der Waals surface area contributed by atoms with E-state index in [1.54, 1.807) is 0 Å². The second-order valence-corrected chi connectivity index (χ2v) is 10.3. The molecule has 234 valence electrons. The predicted octanol–water partition coefficient (Wildman–Crippen LogP) is 5.57. The Morgan fingerprint density at radius 3 is 2.40 bits per heavy atom. The highest BCUT2D eigenvalue weighted by Crippen LogP contribution is 2.43. The number of nitrogens with zero attached hydrogens (tertiary/aromatic N) is 3. The molecule has 8 nitrogen and oxygen atoms in total. The van der Waals surface area contributed by atoms with Crippen LogP contribution in [0.5, 0.6) is 0 Å². The summed E-state index contributed by atoms with van der Waals surface area (Å²) in [5, 5.41) is 6.00. The molecule has 15 heteroatoms. The van der Waals surface area contributed by atoms with Gasteiger partial charge in [-0.25, -0.2) is 22.0 Å². The number of Topliss-reactive ketones (excluding diaryl/α,β-unsaturated/α-hetero) is 1. The number of benzene rings is 2. The first-order valence-corrected chi connectivity index (χ1v) is 13.3. The highest BCUT2D eigenvalue weighted by molar-refractivity contribution is 6.00. The van der Waals surface area contributed by atoms with E-state index in [0.29, 0.717) is 10.7 Å². The Kier molecular flexibility index (Phi) is 8.45. The molecule has 1 aliphatic rings. The first-order valence-electron chi connectivity index (χ1n) is 13.3. The van der Waals surface area contributed by atoms with Crippen LogP contribution in [-0.4, -0.2) is 32.4 Å². The third-order valence-corrected chi connectivity index (χ3v) is 7.18. The molecule has 3 N–H and O–H groups in total. The van der Waals surface area contributed by atoms with Crippen LogP contribution < -0.4 is 11.1 Å². The molecule has 0 spiro atoms. The summed E-state index contributed by atoms with van der Waals surface area (Å²) in [5.74, 6) is -9.59. The zero-order chi connectivity index (χ0) is 32.6.